The fourth-order valence-corrected chi connectivity index (χ4v) is 1.67. The first kappa shape index (κ1) is 10.8. The molecule has 0 amide bonds. The predicted molar refractivity (Wildman–Crippen MR) is 57.0 cm³/mol. The molecule has 1 aromatic carbocycles. The Balaban J connectivity index is 2.91. The highest BCUT2D eigenvalue weighted by Crippen LogP contribution is 2.14. The first-order chi connectivity index (χ1) is 7.65. The van der Waals surface area contributed by atoms with Gasteiger partial charge in [-0.3, -0.25) is 9.36 Å². The van der Waals surface area contributed by atoms with Crippen molar-refractivity contribution in [3.05, 3.63) is 39.7 Å². The number of aldehydes is 1. The van der Waals surface area contributed by atoms with Crippen LogP contribution in [0, 0.1) is 5.82 Å². The molecule has 2 aromatic rings. The molecule has 82 valence electrons. The number of halogens is 2. The summed E-state index contributed by atoms with van der Waals surface area (Å²) in [4.78, 5) is 26.0. The van der Waals surface area contributed by atoms with Crippen molar-refractivity contribution >= 4 is 28.8 Å². The average Bonchev–Trinajstić information content (AvgIpc) is 2.24. The molecule has 0 saturated heterocycles. The van der Waals surface area contributed by atoms with Crippen molar-refractivity contribution in [1.82, 2.24) is 9.55 Å². The molecule has 0 unspecified atom stereocenters. The maximum Gasteiger partial charge on any atom is 0.265 e. The molecule has 1 heterocycles. The smallest absolute Gasteiger partial charge is 0.265 e. The highest BCUT2D eigenvalue weighted by molar-refractivity contribution is 6.28. The second kappa shape index (κ2) is 4.02. The maximum absolute atomic E-state index is 13.4. The molecule has 0 aliphatic carbocycles. The fourth-order valence-electron chi connectivity index (χ4n) is 1.43. The normalized spacial score (nSPS) is 10.6. The summed E-state index contributed by atoms with van der Waals surface area (Å²) in [5, 5.41) is -0.288. The molecule has 0 radical (unpaired) electrons. The standard InChI is InChI=1S/C10H6ClFN2O2/c11-10-13-7-3-1-2-6(12)8(7)9(16)14(10)4-5-15/h1-3,5H,4H2. The van der Waals surface area contributed by atoms with Gasteiger partial charge in [-0.15, -0.1) is 0 Å². The largest absolute Gasteiger partial charge is 0.301 e. The molecule has 0 N–H and O–H groups in total. The summed E-state index contributed by atoms with van der Waals surface area (Å²) in [7, 11) is 0. The van der Waals surface area contributed by atoms with Crippen LogP contribution in [0.15, 0.2) is 23.0 Å². The highest BCUT2D eigenvalue weighted by atomic mass is 35.5. The Morgan fingerprint density at radius 3 is 2.94 bits per heavy atom. The number of nitrogens with zero attached hydrogens (tertiary/aromatic N) is 2. The number of fused-ring (bicyclic) bond motifs is 1. The summed E-state index contributed by atoms with van der Waals surface area (Å²) >= 11 is 5.71. The Kier molecular flexibility index (Phi) is 2.70. The van der Waals surface area contributed by atoms with Crippen LogP contribution in [0.5, 0.6) is 0 Å². The third-order valence-electron chi connectivity index (χ3n) is 2.14. The zero-order chi connectivity index (χ0) is 11.7. The van der Waals surface area contributed by atoms with Crippen LogP contribution in [0.3, 0.4) is 0 Å². The van der Waals surface area contributed by atoms with Crippen LogP contribution in [0.2, 0.25) is 5.28 Å². The van der Waals surface area contributed by atoms with Gasteiger partial charge in [-0.1, -0.05) is 6.07 Å². The third-order valence-corrected chi connectivity index (χ3v) is 2.43. The van der Waals surface area contributed by atoms with Gasteiger partial charge in [0.1, 0.15) is 17.5 Å². The summed E-state index contributed by atoms with van der Waals surface area (Å²) in [5.74, 6) is -0.675. The number of benzene rings is 1. The van der Waals surface area contributed by atoms with E-state index in [0.29, 0.717) is 6.29 Å². The molecule has 1 aromatic heterocycles. The summed E-state index contributed by atoms with van der Waals surface area (Å²) in [5.41, 5.74) is -0.475. The van der Waals surface area contributed by atoms with E-state index < -0.39 is 11.4 Å². The summed E-state index contributed by atoms with van der Waals surface area (Å²) in [6.45, 7) is -0.241. The lowest BCUT2D eigenvalue weighted by Gasteiger charge is -2.05. The lowest BCUT2D eigenvalue weighted by atomic mass is 10.2. The lowest BCUT2D eigenvalue weighted by molar-refractivity contribution is -0.108. The minimum Gasteiger partial charge on any atom is -0.301 e. The quantitative estimate of drug-likeness (QED) is 0.589. The van der Waals surface area contributed by atoms with E-state index in [1.807, 2.05) is 0 Å². The van der Waals surface area contributed by atoms with Crippen LogP contribution in [-0.2, 0) is 11.3 Å². The minimum absolute atomic E-state index is 0.129. The summed E-state index contributed by atoms with van der Waals surface area (Å²) < 4.78 is 14.3. The van der Waals surface area contributed by atoms with E-state index in [2.05, 4.69) is 4.98 Å². The second-order valence-corrected chi connectivity index (χ2v) is 3.44. The van der Waals surface area contributed by atoms with Crippen molar-refractivity contribution in [3.8, 4) is 0 Å². The Morgan fingerprint density at radius 1 is 1.50 bits per heavy atom. The van der Waals surface area contributed by atoms with Crippen molar-refractivity contribution in [2.75, 3.05) is 0 Å². The topological polar surface area (TPSA) is 52.0 Å². The molecule has 16 heavy (non-hydrogen) atoms. The van der Waals surface area contributed by atoms with Crippen molar-refractivity contribution in [2.24, 2.45) is 0 Å². The fraction of sp³-hybridized carbons (Fsp3) is 0.100. The van der Waals surface area contributed by atoms with E-state index in [9.17, 15) is 14.0 Å². The Hall–Kier alpha value is -1.75. The number of rotatable bonds is 2. The van der Waals surface area contributed by atoms with Gasteiger partial charge in [0.15, 0.2) is 0 Å². The van der Waals surface area contributed by atoms with Gasteiger partial charge in [0, 0.05) is 0 Å². The van der Waals surface area contributed by atoms with Gasteiger partial charge in [0.05, 0.1) is 12.1 Å². The monoisotopic (exact) mass is 240 g/mol. The number of hydrogen-bond acceptors (Lipinski definition) is 3. The second-order valence-electron chi connectivity index (χ2n) is 3.10. The Bertz CT molecular complexity index is 624. The predicted octanol–water partition coefficient (Wildman–Crippen LogP) is 1.39. The zero-order valence-electron chi connectivity index (χ0n) is 7.98. The van der Waals surface area contributed by atoms with Crippen LogP contribution in [-0.4, -0.2) is 15.8 Å². The molecule has 0 aliphatic heterocycles. The molecule has 0 atom stereocenters. The first-order valence-corrected chi connectivity index (χ1v) is 4.81. The van der Waals surface area contributed by atoms with Crippen molar-refractivity contribution < 1.29 is 9.18 Å². The Morgan fingerprint density at radius 2 is 2.25 bits per heavy atom. The van der Waals surface area contributed by atoms with Gasteiger partial charge in [-0.05, 0) is 23.7 Å². The van der Waals surface area contributed by atoms with Crippen molar-refractivity contribution in [1.29, 1.82) is 0 Å². The molecular weight excluding hydrogens is 235 g/mol. The van der Waals surface area contributed by atoms with E-state index in [1.54, 1.807) is 0 Å². The van der Waals surface area contributed by atoms with Crippen LogP contribution < -0.4 is 5.56 Å². The SMILES string of the molecule is O=CCn1c(Cl)nc2cccc(F)c2c1=O. The number of carbonyl (C=O) groups excluding carboxylic acids is 1. The maximum atomic E-state index is 13.4. The molecule has 0 bridgehead atoms. The zero-order valence-corrected chi connectivity index (χ0v) is 8.74. The van der Waals surface area contributed by atoms with Gasteiger partial charge in [0.2, 0.25) is 5.28 Å². The molecule has 4 nitrogen and oxygen atoms in total. The number of aromatic nitrogens is 2. The highest BCUT2D eigenvalue weighted by Gasteiger charge is 2.12. The average molecular weight is 241 g/mol. The van der Waals surface area contributed by atoms with Gasteiger partial charge in [0.25, 0.3) is 5.56 Å². The molecule has 2 rings (SSSR count). The van der Waals surface area contributed by atoms with Crippen LogP contribution in [0.1, 0.15) is 0 Å². The van der Waals surface area contributed by atoms with Crippen molar-refractivity contribution in [2.45, 2.75) is 6.54 Å². The number of hydrogen-bond donors (Lipinski definition) is 0. The van der Waals surface area contributed by atoms with Gasteiger partial charge in [-0.25, -0.2) is 9.37 Å². The van der Waals surface area contributed by atoms with Gasteiger partial charge in [-0.2, -0.15) is 0 Å². The molecule has 0 fully saturated rings. The molecule has 0 aliphatic rings. The lowest BCUT2D eigenvalue weighted by Crippen LogP contribution is -2.23. The number of carbonyl (C=O) groups is 1. The molecule has 6 heteroatoms. The third kappa shape index (κ3) is 1.59. The Labute approximate surface area is 94.3 Å². The molecule has 0 spiro atoms. The summed E-state index contributed by atoms with van der Waals surface area (Å²) in [6.07, 6.45) is 0.502. The van der Waals surface area contributed by atoms with Crippen LogP contribution in [0.4, 0.5) is 4.39 Å². The van der Waals surface area contributed by atoms with Crippen LogP contribution >= 0.6 is 11.6 Å². The first-order valence-electron chi connectivity index (χ1n) is 4.43. The van der Waals surface area contributed by atoms with E-state index >= 15 is 0 Å². The van der Waals surface area contributed by atoms with Crippen molar-refractivity contribution in [3.63, 3.8) is 0 Å². The van der Waals surface area contributed by atoms with E-state index in [1.165, 1.54) is 12.1 Å². The molecular formula is C10H6ClFN2O2. The van der Waals surface area contributed by atoms with Crippen LogP contribution in [0.25, 0.3) is 10.9 Å². The minimum atomic E-state index is -0.675. The van der Waals surface area contributed by atoms with Gasteiger partial charge < -0.3 is 4.79 Å². The van der Waals surface area contributed by atoms with E-state index in [4.69, 9.17) is 11.6 Å². The van der Waals surface area contributed by atoms with Gasteiger partial charge >= 0.3 is 0 Å². The van der Waals surface area contributed by atoms with E-state index in [0.717, 1.165) is 10.6 Å². The van der Waals surface area contributed by atoms with E-state index in [-0.39, 0.29) is 22.7 Å². The molecule has 0 saturated carbocycles. The summed E-state index contributed by atoms with van der Waals surface area (Å²) in [6, 6.07) is 4.08.